The van der Waals surface area contributed by atoms with Gasteiger partial charge in [0.2, 0.25) is 0 Å². The van der Waals surface area contributed by atoms with Crippen molar-refractivity contribution in [2.45, 2.75) is 26.9 Å². The van der Waals surface area contributed by atoms with Gasteiger partial charge in [-0.3, -0.25) is 0 Å². The summed E-state index contributed by atoms with van der Waals surface area (Å²) in [5, 5.41) is 14.2. The first-order chi connectivity index (χ1) is 8.54. The highest BCUT2D eigenvalue weighted by atomic mass is 16.3. The van der Waals surface area contributed by atoms with Gasteiger partial charge < -0.3 is 5.11 Å². The van der Waals surface area contributed by atoms with Crippen LogP contribution in [0.3, 0.4) is 0 Å². The molecule has 0 radical (unpaired) electrons. The van der Waals surface area contributed by atoms with Crippen LogP contribution in [0.5, 0.6) is 0 Å². The van der Waals surface area contributed by atoms with E-state index in [1.54, 1.807) is 23.7 Å². The van der Waals surface area contributed by atoms with E-state index >= 15 is 0 Å². The van der Waals surface area contributed by atoms with Crippen molar-refractivity contribution in [3.63, 3.8) is 0 Å². The van der Waals surface area contributed by atoms with Crippen LogP contribution in [0.4, 0.5) is 5.69 Å². The van der Waals surface area contributed by atoms with E-state index in [2.05, 4.69) is 9.94 Å². The zero-order valence-corrected chi connectivity index (χ0v) is 10.7. The second kappa shape index (κ2) is 4.63. The van der Waals surface area contributed by atoms with Gasteiger partial charge in [0.25, 0.3) is 0 Å². The first kappa shape index (κ1) is 12.3. The number of aliphatic hydroxyl groups is 1. The minimum absolute atomic E-state index is 0.527. The Bertz CT molecular complexity index is 603. The van der Waals surface area contributed by atoms with E-state index in [4.69, 9.17) is 6.57 Å². The first-order valence-corrected chi connectivity index (χ1v) is 5.76. The number of rotatable bonds is 2. The summed E-state index contributed by atoms with van der Waals surface area (Å²) in [6, 6.07) is 7.25. The van der Waals surface area contributed by atoms with Crippen LogP contribution in [-0.4, -0.2) is 14.9 Å². The highest BCUT2D eigenvalue weighted by molar-refractivity contribution is 5.50. The van der Waals surface area contributed by atoms with Crippen LogP contribution in [0, 0.1) is 20.4 Å². The topological polar surface area (TPSA) is 42.4 Å². The predicted octanol–water partition coefficient (Wildman–Crippen LogP) is 3.09. The van der Waals surface area contributed by atoms with Crippen molar-refractivity contribution in [1.82, 2.24) is 9.78 Å². The average Bonchev–Trinajstić information content (AvgIpc) is 2.65. The van der Waals surface area contributed by atoms with Crippen molar-refractivity contribution in [1.29, 1.82) is 0 Å². The molecule has 0 aliphatic rings. The van der Waals surface area contributed by atoms with E-state index in [9.17, 15) is 5.11 Å². The predicted molar refractivity (Wildman–Crippen MR) is 69.9 cm³/mol. The van der Waals surface area contributed by atoms with Gasteiger partial charge in [-0.2, -0.15) is 5.10 Å². The van der Waals surface area contributed by atoms with Crippen LogP contribution in [0.1, 0.15) is 30.0 Å². The zero-order chi connectivity index (χ0) is 13.3. The van der Waals surface area contributed by atoms with Gasteiger partial charge in [-0.1, -0.05) is 12.1 Å². The quantitative estimate of drug-likeness (QED) is 0.821. The van der Waals surface area contributed by atoms with E-state index in [0.29, 0.717) is 5.69 Å². The van der Waals surface area contributed by atoms with Gasteiger partial charge in [0.1, 0.15) is 0 Å². The van der Waals surface area contributed by atoms with Crippen LogP contribution >= 0.6 is 0 Å². The number of benzene rings is 1. The fourth-order valence-electron chi connectivity index (χ4n) is 2.18. The Morgan fingerprint density at radius 1 is 1.28 bits per heavy atom. The van der Waals surface area contributed by atoms with Gasteiger partial charge in [-0.15, -0.1) is 0 Å². The lowest BCUT2D eigenvalue weighted by Crippen LogP contribution is -2.00. The van der Waals surface area contributed by atoms with Crippen LogP contribution in [-0.2, 0) is 0 Å². The first-order valence-electron chi connectivity index (χ1n) is 5.76. The van der Waals surface area contributed by atoms with Gasteiger partial charge in [0.15, 0.2) is 5.69 Å². The molecule has 1 N–H and O–H groups in total. The molecule has 1 atom stereocenters. The molecule has 0 saturated carbocycles. The SMILES string of the molecule is [C-]#[N+]c1ccc(-n2nc(C)c(C(C)O)c2C)cc1. The van der Waals surface area contributed by atoms with Crippen molar-refractivity contribution >= 4 is 5.69 Å². The third-order valence-electron chi connectivity index (χ3n) is 2.99. The molecule has 1 heterocycles. The zero-order valence-electron chi connectivity index (χ0n) is 10.7. The van der Waals surface area contributed by atoms with Gasteiger partial charge >= 0.3 is 0 Å². The highest BCUT2D eigenvalue weighted by Gasteiger charge is 2.16. The van der Waals surface area contributed by atoms with E-state index in [1.807, 2.05) is 26.0 Å². The van der Waals surface area contributed by atoms with Crippen LogP contribution in [0.25, 0.3) is 10.5 Å². The van der Waals surface area contributed by atoms with Crippen molar-refractivity contribution in [2.75, 3.05) is 0 Å². The molecule has 0 aliphatic carbocycles. The van der Waals surface area contributed by atoms with Crippen molar-refractivity contribution in [2.24, 2.45) is 0 Å². The van der Waals surface area contributed by atoms with E-state index < -0.39 is 6.10 Å². The Kier molecular flexibility index (Phi) is 3.17. The maximum Gasteiger partial charge on any atom is 0.187 e. The maximum atomic E-state index is 9.73. The lowest BCUT2D eigenvalue weighted by atomic mass is 10.1. The monoisotopic (exact) mass is 241 g/mol. The molecular weight excluding hydrogens is 226 g/mol. The van der Waals surface area contributed by atoms with Crippen LogP contribution in [0.2, 0.25) is 0 Å². The Morgan fingerprint density at radius 3 is 2.33 bits per heavy atom. The van der Waals surface area contributed by atoms with Crippen molar-refractivity contribution in [3.8, 4) is 5.69 Å². The molecule has 2 aromatic rings. The van der Waals surface area contributed by atoms with Crippen LogP contribution in [0.15, 0.2) is 24.3 Å². The minimum Gasteiger partial charge on any atom is -0.389 e. The third-order valence-corrected chi connectivity index (χ3v) is 2.99. The molecule has 0 spiro atoms. The second-order valence-corrected chi connectivity index (χ2v) is 4.30. The number of aryl methyl sites for hydroxylation is 1. The molecule has 0 fully saturated rings. The lowest BCUT2D eigenvalue weighted by molar-refractivity contribution is 0.198. The Balaban J connectivity index is 2.51. The smallest absolute Gasteiger partial charge is 0.187 e. The summed E-state index contributed by atoms with van der Waals surface area (Å²) >= 11 is 0. The number of hydrogen-bond acceptors (Lipinski definition) is 2. The molecule has 4 nitrogen and oxygen atoms in total. The summed E-state index contributed by atoms with van der Waals surface area (Å²) in [6.07, 6.45) is -0.527. The molecule has 1 aromatic heterocycles. The largest absolute Gasteiger partial charge is 0.389 e. The summed E-state index contributed by atoms with van der Waals surface area (Å²) in [7, 11) is 0. The van der Waals surface area contributed by atoms with E-state index in [-0.39, 0.29) is 0 Å². The Hall–Kier alpha value is -2.12. The summed E-state index contributed by atoms with van der Waals surface area (Å²) in [5.41, 5.74) is 4.13. The number of aromatic nitrogens is 2. The number of hydrogen-bond donors (Lipinski definition) is 1. The molecule has 0 amide bonds. The van der Waals surface area contributed by atoms with E-state index in [0.717, 1.165) is 22.6 Å². The summed E-state index contributed by atoms with van der Waals surface area (Å²) in [6.45, 7) is 12.5. The third kappa shape index (κ3) is 2.01. The van der Waals surface area contributed by atoms with Gasteiger partial charge in [0.05, 0.1) is 24.1 Å². The standard InChI is InChI=1S/C14H15N3O/c1-9-14(11(3)18)10(2)17(16-9)13-7-5-12(15-4)6-8-13/h5-8,11,18H,1-3H3. The fraction of sp³-hybridized carbons (Fsp3) is 0.286. The molecule has 4 heteroatoms. The molecular formula is C14H15N3O. The maximum absolute atomic E-state index is 9.73. The van der Waals surface area contributed by atoms with E-state index in [1.165, 1.54) is 0 Å². The number of aliphatic hydroxyl groups excluding tert-OH is 1. The molecule has 1 aromatic carbocycles. The van der Waals surface area contributed by atoms with Gasteiger partial charge in [-0.25, -0.2) is 9.53 Å². The molecule has 18 heavy (non-hydrogen) atoms. The summed E-state index contributed by atoms with van der Waals surface area (Å²) < 4.78 is 1.80. The Labute approximate surface area is 106 Å². The minimum atomic E-state index is -0.527. The second-order valence-electron chi connectivity index (χ2n) is 4.30. The Morgan fingerprint density at radius 2 is 1.89 bits per heavy atom. The van der Waals surface area contributed by atoms with Crippen molar-refractivity contribution in [3.05, 3.63) is 52.6 Å². The fourth-order valence-corrected chi connectivity index (χ4v) is 2.18. The van der Waals surface area contributed by atoms with Gasteiger partial charge in [0, 0.05) is 11.3 Å². The van der Waals surface area contributed by atoms with Gasteiger partial charge in [-0.05, 0) is 32.9 Å². The average molecular weight is 241 g/mol. The molecule has 1 unspecified atom stereocenters. The van der Waals surface area contributed by atoms with Crippen LogP contribution < -0.4 is 0 Å². The lowest BCUT2D eigenvalue weighted by Gasteiger charge is -2.07. The number of nitrogens with zero attached hydrogens (tertiary/aromatic N) is 3. The molecule has 2 rings (SSSR count). The molecule has 92 valence electrons. The summed E-state index contributed by atoms with van der Waals surface area (Å²) in [5.74, 6) is 0. The summed E-state index contributed by atoms with van der Waals surface area (Å²) in [4.78, 5) is 3.36. The molecule has 0 aliphatic heterocycles. The molecule has 0 bridgehead atoms. The van der Waals surface area contributed by atoms with Crippen molar-refractivity contribution < 1.29 is 5.11 Å². The normalized spacial score (nSPS) is 12.2. The molecule has 0 saturated heterocycles. The highest BCUT2D eigenvalue weighted by Crippen LogP contribution is 2.24.